The maximum absolute atomic E-state index is 5.77. The standard InChI is InChI=1S/C13H18BNO4/c1-2-4-12(5-3-1)16-11-13-10-15-6-8-17-14(19-13)18-9-7-15/h1-5,13H,6-11H2. The van der Waals surface area contributed by atoms with E-state index in [4.69, 9.17) is 18.7 Å². The number of hydrogen-bond donors (Lipinski definition) is 0. The fourth-order valence-corrected chi connectivity index (χ4v) is 2.26. The van der Waals surface area contributed by atoms with Crippen molar-refractivity contribution in [3.63, 3.8) is 0 Å². The quantitative estimate of drug-likeness (QED) is 0.754. The molecule has 0 radical (unpaired) electrons. The minimum atomic E-state index is -0.549. The predicted octanol–water partition coefficient (Wildman–Crippen LogP) is 0.798. The molecule has 19 heavy (non-hydrogen) atoms. The van der Waals surface area contributed by atoms with E-state index in [1.54, 1.807) is 0 Å². The summed E-state index contributed by atoms with van der Waals surface area (Å²) in [6.45, 7) is 4.50. The van der Waals surface area contributed by atoms with E-state index in [0.29, 0.717) is 19.8 Å². The summed E-state index contributed by atoms with van der Waals surface area (Å²) in [4.78, 5) is 2.29. The molecular weight excluding hydrogens is 245 g/mol. The van der Waals surface area contributed by atoms with Gasteiger partial charge >= 0.3 is 7.32 Å². The van der Waals surface area contributed by atoms with Gasteiger partial charge in [0.05, 0.1) is 6.10 Å². The zero-order valence-corrected chi connectivity index (χ0v) is 10.9. The van der Waals surface area contributed by atoms with E-state index >= 15 is 0 Å². The molecular formula is C13H18BNO4. The number of rotatable bonds is 3. The first kappa shape index (κ1) is 12.9. The third-order valence-electron chi connectivity index (χ3n) is 3.27. The molecule has 1 unspecified atom stereocenters. The first-order valence-corrected chi connectivity index (χ1v) is 6.69. The van der Waals surface area contributed by atoms with Crippen LogP contribution in [0.4, 0.5) is 0 Å². The molecule has 0 aliphatic carbocycles. The van der Waals surface area contributed by atoms with Gasteiger partial charge in [0.15, 0.2) is 0 Å². The Balaban J connectivity index is 1.57. The lowest BCUT2D eigenvalue weighted by atomic mass is 10.1. The van der Waals surface area contributed by atoms with Crippen molar-refractivity contribution in [2.45, 2.75) is 6.10 Å². The van der Waals surface area contributed by atoms with Gasteiger partial charge in [0.25, 0.3) is 0 Å². The van der Waals surface area contributed by atoms with Gasteiger partial charge in [0.2, 0.25) is 0 Å². The summed E-state index contributed by atoms with van der Waals surface area (Å²) in [6.07, 6.45) is -0.0363. The average molecular weight is 263 g/mol. The highest BCUT2D eigenvalue weighted by atomic mass is 16.7. The number of hydrogen-bond acceptors (Lipinski definition) is 5. The number of ether oxygens (including phenoxy) is 1. The molecule has 1 atom stereocenters. The van der Waals surface area contributed by atoms with Crippen LogP contribution in [0.15, 0.2) is 30.3 Å². The Hall–Kier alpha value is -1.08. The smallest absolute Gasteiger partial charge is 0.491 e. The summed E-state index contributed by atoms with van der Waals surface area (Å²) in [5.74, 6) is 0.857. The number of para-hydroxylation sites is 1. The van der Waals surface area contributed by atoms with E-state index in [-0.39, 0.29) is 6.10 Å². The Kier molecular flexibility index (Phi) is 4.35. The van der Waals surface area contributed by atoms with Crippen molar-refractivity contribution in [3.8, 4) is 5.75 Å². The maximum atomic E-state index is 5.77. The Bertz CT molecular complexity index is 367. The average Bonchev–Trinajstić information content (AvgIpc) is 2.36. The molecule has 3 fully saturated rings. The summed E-state index contributed by atoms with van der Waals surface area (Å²) in [5.41, 5.74) is 0. The molecule has 3 heterocycles. The van der Waals surface area contributed by atoms with E-state index in [2.05, 4.69) is 4.90 Å². The van der Waals surface area contributed by atoms with Crippen LogP contribution in [0.25, 0.3) is 0 Å². The highest BCUT2D eigenvalue weighted by Crippen LogP contribution is 2.13. The second-order valence-corrected chi connectivity index (χ2v) is 4.71. The molecule has 0 aromatic heterocycles. The third-order valence-corrected chi connectivity index (χ3v) is 3.27. The highest BCUT2D eigenvalue weighted by molar-refractivity contribution is 6.36. The molecule has 0 amide bonds. The van der Waals surface area contributed by atoms with Crippen molar-refractivity contribution in [3.05, 3.63) is 30.3 Å². The minimum absolute atomic E-state index is 0.0363. The number of fused-ring (bicyclic) bond motifs is 6. The van der Waals surface area contributed by atoms with E-state index in [1.807, 2.05) is 30.3 Å². The van der Waals surface area contributed by atoms with E-state index in [9.17, 15) is 0 Å². The first-order chi connectivity index (χ1) is 9.40. The van der Waals surface area contributed by atoms with Crippen LogP contribution in [0.3, 0.4) is 0 Å². The lowest BCUT2D eigenvalue weighted by Gasteiger charge is -2.34. The van der Waals surface area contributed by atoms with Gasteiger partial charge in [-0.2, -0.15) is 0 Å². The normalized spacial score (nSPS) is 27.5. The van der Waals surface area contributed by atoms with Crippen molar-refractivity contribution in [1.29, 1.82) is 0 Å². The van der Waals surface area contributed by atoms with Gasteiger partial charge in [-0.3, -0.25) is 4.90 Å². The molecule has 0 saturated carbocycles. The van der Waals surface area contributed by atoms with Crippen LogP contribution >= 0.6 is 0 Å². The van der Waals surface area contributed by atoms with Crippen LogP contribution in [0.1, 0.15) is 0 Å². The molecule has 3 aliphatic heterocycles. The summed E-state index contributed by atoms with van der Waals surface area (Å²) in [7, 11) is -0.549. The minimum Gasteiger partial charge on any atom is -0.491 e. The largest absolute Gasteiger partial charge is 0.639 e. The van der Waals surface area contributed by atoms with E-state index in [1.165, 1.54) is 0 Å². The molecule has 6 heteroatoms. The van der Waals surface area contributed by atoms with Crippen LogP contribution < -0.4 is 4.74 Å². The van der Waals surface area contributed by atoms with Crippen molar-refractivity contribution >= 4 is 7.32 Å². The molecule has 1 aromatic carbocycles. The van der Waals surface area contributed by atoms with Crippen LogP contribution in [-0.2, 0) is 14.0 Å². The zero-order chi connectivity index (χ0) is 12.9. The van der Waals surface area contributed by atoms with Crippen LogP contribution in [0, 0.1) is 0 Å². The second kappa shape index (κ2) is 6.39. The van der Waals surface area contributed by atoms with Crippen molar-refractivity contribution in [2.75, 3.05) is 39.5 Å². The first-order valence-electron chi connectivity index (χ1n) is 6.69. The van der Waals surface area contributed by atoms with Gasteiger partial charge in [-0.15, -0.1) is 0 Å². The van der Waals surface area contributed by atoms with Gasteiger partial charge in [-0.25, -0.2) is 0 Å². The predicted molar refractivity (Wildman–Crippen MR) is 70.9 cm³/mol. The van der Waals surface area contributed by atoms with Crippen LogP contribution in [0.5, 0.6) is 5.75 Å². The molecule has 3 saturated heterocycles. The molecule has 2 bridgehead atoms. The lowest BCUT2D eigenvalue weighted by molar-refractivity contribution is -0.0321. The fourth-order valence-electron chi connectivity index (χ4n) is 2.26. The molecule has 3 aliphatic rings. The summed E-state index contributed by atoms with van der Waals surface area (Å²) in [5, 5.41) is 0. The molecule has 0 spiro atoms. The van der Waals surface area contributed by atoms with E-state index in [0.717, 1.165) is 25.4 Å². The Morgan fingerprint density at radius 2 is 1.89 bits per heavy atom. The summed E-state index contributed by atoms with van der Waals surface area (Å²) in [6, 6.07) is 9.77. The highest BCUT2D eigenvalue weighted by Gasteiger charge is 2.32. The van der Waals surface area contributed by atoms with Crippen LogP contribution in [-0.4, -0.2) is 57.8 Å². The molecule has 5 nitrogen and oxygen atoms in total. The van der Waals surface area contributed by atoms with Crippen molar-refractivity contribution in [2.24, 2.45) is 0 Å². The van der Waals surface area contributed by atoms with Gasteiger partial charge in [0, 0.05) is 32.8 Å². The maximum Gasteiger partial charge on any atom is 0.639 e. The summed E-state index contributed by atoms with van der Waals surface area (Å²) >= 11 is 0. The van der Waals surface area contributed by atoms with Crippen molar-refractivity contribution < 1.29 is 18.7 Å². The SMILES string of the molecule is c1ccc(OCC2CN3CCOB(OCC3)O2)cc1. The lowest BCUT2D eigenvalue weighted by Crippen LogP contribution is -2.51. The van der Waals surface area contributed by atoms with Gasteiger partial charge in [-0.1, -0.05) is 18.2 Å². The molecule has 0 N–H and O–H groups in total. The van der Waals surface area contributed by atoms with E-state index < -0.39 is 7.32 Å². The molecule has 102 valence electrons. The van der Waals surface area contributed by atoms with Crippen LogP contribution in [0.2, 0.25) is 0 Å². The summed E-state index contributed by atoms with van der Waals surface area (Å²) < 4.78 is 22.5. The third kappa shape index (κ3) is 3.70. The molecule has 4 rings (SSSR count). The Morgan fingerprint density at radius 3 is 2.63 bits per heavy atom. The van der Waals surface area contributed by atoms with Gasteiger partial charge < -0.3 is 18.7 Å². The Morgan fingerprint density at radius 1 is 1.16 bits per heavy atom. The fraction of sp³-hybridized carbons (Fsp3) is 0.538. The second-order valence-electron chi connectivity index (χ2n) is 4.71. The monoisotopic (exact) mass is 263 g/mol. The topological polar surface area (TPSA) is 40.2 Å². The van der Waals surface area contributed by atoms with Gasteiger partial charge in [-0.05, 0) is 12.1 Å². The Labute approximate surface area is 113 Å². The number of nitrogens with zero attached hydrogens (tertiary/aromatic N) is 1. The molecule has 1 aromatic rings. The van der Waals surface area contributed by atoms with Gasteiger partial charge in [0.1, 0.15) is 12.4 Å². The zero-order valence-electron chi connectivity index (χ0n) is 10.9. The van der Waals surface area contributed by atoms with Crippen molar-refractivity contribution in [1.82, 2.24) is 4.90 Å². The number of benzene rings is 1.